The molecule has 0 saturated carbocycles. The fraction of sp³-hybridized carbons (Fsp3) is 0.462. The third-order valence-electron chi connectivity index (χ3n) is 2.54. The summed E-state index contributed by atoms with van der Waals surface area (Å²) in [5.74, 6) is 0.167. The Morgan fingerprint density at radius 2 is 2.14 bits per heavy atom. The van der Waals surface area contributed by atoms with E-state index in [0.717, 1.165) is 12.8 Å². The molecule has 7 nitrogen and oxygen atoms in total. The van der Waals surface area contributed by atoms with Crippen molar-refractivity contribution in [2.45, 2.75) is 19.8 Å². The fourth-order valence-corrected chi connectivity index (χ4v) is 2.24. The molecule has 0 bridgehead atoms. The van der Waals surface area contributed by atoms with E-state index < -0.39 is 16.1 Å². The molecule has 0 aliphatic carbocycles. The van der Waals surface area contributed by atoms with Gasteiger partial charge in [-0.1, -0.05) is 19.4 Å². The molecule has 1 rings (SSSR count). The molecule has 2 amide bonds. The lowest BCUT2D eigenvalue weighted by Crippen LogP contribution is -2.41. The molecule has 0 heterocycles. The lowest BCUT2D eigenvalue weighted by atomic mass is 10.3. The summed E-state index contributed by atoms with van der Waals surface area (Å²) in [6, 6.07) is 5.96. The number of rotatable bonds is 8. The molecule has 0 aromatic heterocycles. The molecule has 0 saturated heterocycles. The number of nitrogens with two attached hydrogens (primary N) is 1. The Morgan fingerprint density at radius 3 is 2.81 bits per heavy atom. The molecule has 1 aromatic carbocycles. The van der Waals surface area contributed by atoms with E-state index in [1.807, 2.05) is 11.6 Å². The Balaban J connectivity index is 2.34. The van der Waals surface area contributed by atoms with Crippen LogP contribution < -0.4 is 20.5 Å². The highest BCUT2D eigenvalue weighted by Gasteiger charge is 2.14. The summed E-state index contributed by atoms with van der Waals surface area (Å²) in [5.41, 5.74) is 6.11. The number of amides is 2. The average molecular weight is 315 g/mol. The highest BCUT2D eigenvalue weighted by molar-refractivity contribution is 7.90. The van der Waals surface area contributed by atoms with Gasteiger partial charge in [-0.3, -0.25) is 0 Å². The SMILES string of the molecule is CCCCNC(=O)NS(=O)(=O)CCOc1cccc(N)c1. The summed E-state index contributed by atoms with van der Waals surface area (Å²) in [4.78, 5) is 11.4. The molecule has 0 atom stereocenters. The summed E-state index contributed by atoms with van der Waals surface area (Å²) in [6.45, 7) is 2.35. The van der Waals surface area contributed by atoms with Crippen molar-refractivity contribution in [2.75, 3.05) is 24.6 Å². The molecular weight excluding hydrogens is 294 g/mol. The average Bonchev–Trinajstić information content (AvgIpc) is 2.38. The smallest absolute Gasteiger partial charge is 0.328 e. The van der Waals surface area contributed by atoms with Crippen molar-refractivity contribution in [3.05, 3.63) is 24.3 Å². The summed E-state index contributed by atoms with van der Waals surface area (Å²) in [7, 11) is -3.72. The molecular formula is C13H21N3O4S. The maximum Gasteiger partial charge on any atom is 0.328 e. The third kappa shape index (κ3) is 7.40. The number of nitrogens with one attached hydrogen (secondary N) is 2. The van der Waals surface area contributed by atoms with Crippen LogP contribution >= 0.6 is 0 Å². The number of hydrogen-bond donors (Lipinski definition) is 3. The Hall–Kier alpha value is -1.96. The Morgan fingerprint density at radius 1 is 1.38 bits per heavy atom. The molecule has 4 N–H and O–H groups in total. The van der Waals surface area contributed by atoms with Crippen molar-refractivity contribution in [2.24, 2.45) is 0 Å². The topological polar surface area (TPSA) is 111 Å². The summed E-state index contributed by atoms with van der Waals surface area (Å²) >= 11 is 0. The van der Waals surface area contributed by atoms with Crippen LogP contribution in [0.2, 0.25) is 0 Å². The minimum absolute atomic E-state index is 0.0684. The molecule has 0 aliphatic heterocycles. The van der Waals surface area contributed by atoms with Crippen LogP contribution in [0.3, 0.4) is 0 Å². The van der Waals surface area contributed by atoms with E-state index in [0.29, 0.717) is 18.0 Å². The first-order valence-corrected chi connectivity index (χ1v) is 8.35. The van der Waals surface area contributed by atoms with Gasteiger partial charge in [0, 0.05) is 18.3 Å². The van der Waals surface area contributed by atoms with E-state index in [1.54, 1.807) is 24.3 Å². The monoisotopic (exact) mass is 315 g/mol. The molecule has 8 heteroatoms. The molecule has 0 unspecified atom stereocenters. The van der Waals surface area contributed by atoms with Gasteiger partial charge >= 0.3 is 6.03 Å². The van der Waals surface area contributed by atoms with Crippen LogP contribution in [0.15, 0.2) is 24.3 Å². The molecule has 21 heavy (non-hydrogen) atoms. The van der Waals surface area contributed by atoms with Crippen molar-refractivity contribution in [1.82, 2.24) is 10.0 Å². The van der Waals surface area contributed by atoms with Gasteiger partial charge in [-0.15, -0.1) is 0 Å². The lowest BCUT2D eigenvalue weighted by molar-refractivity contribution is 0.245. The van der Waals surface area contributed by atoms with Gasteiger partial charge in [-0.05, 0) is 18.6 Å². The predicted octanol–water partition coefficient (Wildman–Crippen LogP) is 1.08. The van der Waals surface area contributed by atoms with Crippen LogP contribution in [0.1, 0.15) is 19.8 Å². The Kier molecular flexibility index (Phi) is 6.80. The minimum atomic E-state index is -3.72. The van der Waals surface area contributed by atoms with Crippen molar-refractivity contribution in [3.8, 4) is 5.75 Å². The van der Waals surface area contributed by atoms with Crippen LogP contribution in [-0.2, 0) is 10.0 Å². The van der Waals surface area contributed by atoms with Crippen LogP contribution in [0.25, 0.3) is 0 Å². The van der Waals surface area contributed by atoms with Crippen LogP contribution in [0, 0.1) is 0 Å². The first-order chi connectivity index (χ1) is 9.93. The van der Waals surface area contributed by atoms with Crippen LogP contribution in [-0.4, -0.2) is 33.4 Å². The maximum atomic E-state index is 11.7. The summed E-state index contributed by atoms with van der Waals surface area (Å²) in [5, 5.41) is 2.47. The van der Waals surface area contributed by atoms with Gasteiger partial charge in [-0.2, -0.15) is 0 Å². The number of carbonyl (C=O) groups excluding carboxylic acids is 1. The third-order valence-corrected chi connectivity index (χ3v) is 3.74. The molecule has 0 radical (unpaired) electrons. The number of hydrogen-bond acceptors (Lipinski definition) is 5. The molecule has 1 aromatic rings. The molecule has 0 fully saturated rings. The highest BCUT2D eigenvalue weighted by atomic mass is 32.2. The zero-order valence-corrected chi connectivity index (χ0v) is 12.8. The first kappa shape index (κ1) is 17.1. The van der Waals surface area contributed by atoms with Gasteiger partial charge in [0.05, 0.1) is 0 Å². The second kappa shape index (κ2) is 8.35. The summed E-state index contributed by atoms with van der Waals surface area (Å²) in [6.07, 6.45) is 1.72. The maximum absolute atomic E-state index is 11.7. The number of ether oxygens (including phenoxy) is 1. The van der Waals surface area contributed by atoms with Gasteiger partial charge in [0.2, 0.25) is 10.0 Å². The number of carbonyl (C=O) groups is 1. The van der Waals surface area contributed by atoms with E-state index in [4.69, 9.17) is 10.5 Å². The number of nitrogen functional groups attached to an aromatic ring is 1. The Labute approximate surface area is 124 Å². The summed E-state index contributed by atoms with van der Waals surface area (Å²) < 4.78 is 30.5. The standard InChI is InChI=1S/C13H21N3O4S/c1-2-3-7-15-13(17)16-21(18,19)9-8-20-12-6-4-5-11(14)10-12/h4-6,10H,2-3,7-9,14H2,1H3,(H2,15,16,17). The normalized spacial score (nSPS) is 10.9. The predicted molar refractivity (Wildman–Crippen MR) is 81.6 cm³/mol. The van der Waals surface area contributed by atoms with Gasteiger partial charge < -0.3 is 15.8 Å². The lowest BCUT2D eigenvalue weighted by Gasteiger charge is -2.09. The second-order valence-corrected chi connectivity index (χ2v) is 6.29. The van der Waals surface area contributed by atoms with E-state index in [9.17, 15) is 13.2 Å². The van der Waals surface area contributed by atoms with Crippen molar-refractivity contribution < 1.29 is 17.9 Å². The van der Waals surface area contributed by atoms with E-state index in [2.05, 4.69) is 5.32 Å². The van der Waals surface area contributed by atoms with E-state index in [1.165, 1.54) is 0 Å². The van der Waals surface area contributed by atoms with E-state index in [-0.39, 0.29) is 12.4 Å². The largest absolute Gasteiger partial charge is 0.492 e. The Bertz CT molecular complexity index is 560. The first-order valence-electron chi connectivity index (χ1n) is 6.69. The zero-order chi connectivity index (χ0) is 15.7. The van der Waals surface area contributed by atoms with Crippen LogP contribution in [0.4, 0.5) is 10.5 Å². The molecule has 118 valence electrons. The van der Waals surface area contributed by atoms with Gasteiger partial charge in [0.1, 0.15) is 18.1 Å². The number of anilines is 1. The van der Waals surface area contributed by atoms with E-state index >= 15 is 0 Å². The highest BCUT2D eigenvalue weighted by Crippen LogP contribution is 2.14. The molecule has 0 aliphatic rings. The number of unbranched alkanes of at least 4 members (excludes halogenated alkanes) is 1. The fourth-order valence-electron chi connectivity index (χ4n) is 1.48. The second-order valence-electron chi connectivity index (χ2n) is 4.45. The number of urea groups is 1. The minimum Gasteiger partial charge on any atom is -0.492 e. The van der Waals surface area contributed by atoms with Crippen molar-refractivity contribution in [1.29, 1.82) is 0 Å². The van der Waals surface area contributed by atoms with Crippen molar-refractivity contribution >= 4 is 21.7 Å². The van der Waals surface area contributed by atoms with Gasteiger partial charge in [0.25, 0.3) is 0 Å². The quantitative estimate of drug-likeness (QED) is 0.491. The van der Waals surface area contributed by atoms with Gasteiger partial charge in [-0.25, -0.2) is 17.9 Å². The molecule has 0 spiro atoms. The van der Waals surface area contributed by atoms with Gasteiger partial charge in [0.15, 0.2) is 0 Å². The zero-order valence-electron chi connectivity index (χ0n) is 12.0. The van der Waals surface area contributed by atoms with Crippen molar-refractivity contribution in [3.63, 3.8) is 0 Å². The number of benzene rings is 1. The number of sulfonamides is 1. The van der Waals surface area contributed by atoms with Crippen LogP contribution in [0.5, 0.6) is 5.75 Å².